The summed E-state index contributed by atoms with van der Waals surface area (Å²) < 4.78 is 69.3. The molecule has 0 radical (unpaired) electrons. The van der Waals surface area contributed by atoms with Crippen LogP contribution in [0.4, 0.5) is 18.9 Å². The summed E-state index contributed by atoms with van der Waals surface area (Å²) >= 11 is 0. The molecule has 0 saturated heterocycles. The van der Waals surface area contributed by atoms with Crippen LogP contribution in [0.1, 0.15) is 0 Å². The Bertz CT molecular complexity index is 528. The smallest absolute Gasteiger partial charge is 0.383 e. The molecule has 9 heteroatoms. The van der Waals surface area contributed by atoms with Crippen molar-refractivity contribution in [1.29, 1.82) is 0 Å². The van der Waals surface area contributed by atoms with Crippen molar-refractivity contribution in [1.82, 2.24) is 0 Å². The summed E-state index contributed by atoms with van der Waals surface area (Å²) in [6.07, 6.45) is 0. The lowest BCUT2D eigenvalue weighted by atomic mass is 10.3. The Labute approximate surface area is 121 Å². The van der Waals surface area contributed by atoms with Gasteiger partial charge in [0, 0.05) is 19.3 Å². The number of hydrogen-bond acceptors (Lipinski definition) is 5. The minimum atomic E-state index is -5.30. The minimum absolute atomic E-state index is 0.395. The van der Waals surface area contributed by atoms with Gasteiger partial charge in [-0.2, -0.15) is 13.2 Å². The molecular formula is C12H16F3NO4S. The lowest BCUT2D eigenvalue weighted by Gasteiger charge is -2.10. The van der Waals surface area contributed by atoms with E-state index in [1.54, 1.807) is 7.11 Å². The van der Waals surface area contributed by atoms with Crippen LogP contribution in [-0.2, 0) is 19.3 Å². The lowest BCUT2D eigenvalue weighted by molar-refractivity contribution is -0.0436. The molecule has 0 amide bonds. The van der Waals surface area contributed by atoms with Gasteiger partial charge in [-0.3, -0.25) is 0 Å². The third-order valence-electron chi connectivity index (χ3n) is 2.48. The van der Waals surface area contributed by atoms with Crippen molar-refractivity contribution >= 4 is 15.5 Å². The van der Waals surface area contributed by atoms with E-state index in [-0.39, 0.29) is 0 Å². The van der Waals surface area contributed by atoms with Gasteiger partial charge in [0.05, 0.1) is 24.7 Å². The van der Waals surface area contributed by atoms with Crippen LogP contribution in [0.15, 0.2) is 29.2 Å². The van der Waals surface area contributed by atoms with Crippen molar-refractivity contribution in [3.05, 3.63) is 24.3 Å². The van der Waals surface area contributed by atoms with Crippen LogP contribution < -0.4 is 5.32 Å². The summed E-state index contributed by atoms with van der Waals surface area (Å²) in [7, 11) is -3.74. The lowest BCUT2D eigenvalue weighted by Crippen LogP contribution is -2.23. The molecule has 1 aromatic carbocycles. The second-order valence-corrected chi connectivity index (χ2v) is 5.95. The maximum atomic E-state index is 12.3. The second kappa shape index (κ2) is 7.62. The molecule has 0 aliphatic heterocycles. The van der Waals surface area contributed by atoms with Crippen LogP contribution in [0, 0.1) is 0 Å². The maximum Gasteiger partial charge on any atom is 0.501 e. The fourth-order valence-corrected chi connectivity index (χ4v) is 2.16. The molecule has 21 heavy (non-hydrogen) atoms. The average Bonchev–Trinajstić information content (AvgIpc) is 2.42. The SMILES string of the molecule is COCCOCCNc1ccc(S(=O)(=O)C(F)(F)F)cc1. The number of halogens is 3. The fraction of sp³-hybridized carbons (Fsp3) is 0.500. The third-order valence-corrected chi connectivity index (χ3v) is 3.98. The molecule has 1 aromatic rings. The van der Waals surface area contributed by atoms with Crippen LogP contribution in [0.5, 0.6) is 0 Å². The molecule has 0 unspecified atom stereocenters. The molecule has 0 aliphatic rings. The van der Waals surface area contributed by atoms with E-state index in [0.717, 1.165) is 12.1 Å². The van der Waals surface area contributed by atoms with Crippen LogP contribution in [-0.4, -0.2) is 47.4 Å². The summed E-state index contributed by atoms with van der Waals surface area (Å²) in [5, 5.41) is 2.90. The first-order valence-electron chi connectivity index (χ1n) is 6.01. The van der Waals surface area contributed by atoms with Crippen LogP contribution >= 0.6 is 0 Å². The zero-order valence-electron chi connectivity index (χ0n) is 11.3. The van der Waals surface area contributed by atoms with Gasteiger partial charge in [-0.05, 0) is 24.3 Å². The molecule has 0 saturated carbocycles. The standard InChI is InChI=1S/C12H16F3NO4S/c1-19-8-9-20-7-6-16-10-2-4-11(5-3-10)21(17,18)12(13,14)15/h2-5,16H,6-9H2,1H3. The van der Waals surface area contributed by atoms with Crippen LogP contribution in [0.25, 0.3) is 0 Å². The van der Waals surface area contributed by atoms with Crippen molar-refractivity contribution in [2.45, 2.75) is 10.4 Å². The molecule has 1 rings (SSSR count). The van der Waals surface area contributed by atoms with Gasteiger partial charge in [-0.1, -0.05) is 0 Å². The molecule has 0 aromatic heterocycles. The summed E-state index contributed by atoms with van der Waals surface area (Å²) in [5.74, 6) is 0. The van der Waals surface area contributed by atoms with Crippen molar-refractivity contribution in [3.8, 4) is 0 Å². The quantitative estimate of drug-likeness (QED) is 0.741. The fourth-order valence-electron chi connectivity index (χ4n) is 1.40. The Morgan fingerprint density at radius 1 is 1.10 bits per heavy atom. The molecule has 0 spiro atoms. The first-order chi connectivity index (χ1) is 9.79. The number of sulfone groups is 1. The predicted octanol–water partition coefficient (Wildman–Crippen LogP) is 2.06. The van der Waals surface area contributed by atoms with Crippen molar-refractivity contribution < 1.29 is 31.1 Å². The highest BCUT2D eigenvalue weighted by atomic mass is 32.2. The second-order valence-electron chi connectivity index (χ2n) is 4.01. The van der Waals surface area contributed by atoms with E-state index in [9.17, 15) is 21.6 Å². The molecule has 0 fully saturated rings. The number of anilines is 1. The molecule has 0 heterocycles. The Hall–Kier alpha value is -1.32. The van der Waals surface area contributed by atoms with Crippen LogP contribution in [0.3, 0.4) is 0 Å². The largest absolute Gasteiger partial charge is 0.501 e. The summed E-state index contributed by atoms with van der Waals surface area (Å²) in [4.78, 5) is -0.781. The van der Waals surface area contributed by atoms with E-state index in [0.29, 0.717) is 32.1 Å². The summed E-state index contributed by atoms with van der Waals surface area (Å²) in [6.45, 7) is 1.76. The van der Waals surface area contributed by atoms with Gasteiger partial charge >= 0.3 is 5.51 Å². The topological polar surface area (TPSA) is 64.6 Å². The number of methoxy groups -OCH3 is 1. The monoisotopic (exact) mass is 327 g/mol. The first-order valence-corrected chi connectivity index (χ1v) is 7.49. The highest BCUT2D eigenvalue weighted by Gasteiger charge is 2.46. The number of nitrogens with one attached hydrogen (secondary N) is 1. The van der Waals surface area contributed by atoms with Crippen molar-refractivity contribution in [3.63, 3.8) is 0 Å². The molecule has 0 bridgehead atoms. The Kier molecular flexibility index (Phi) is 6.43. The van der Waals surface area contributed by atoms with Gasteiger partial charge in [-0.15, -0.1) is 0 Å². The molecular weight excluding hydrogens is 311 g/mol. The van der Waals surface area contributed by atoms with Gasteiger partial charge in [0.25, 0.3) is 9.84 Å². The van der Waals surface area contributed by atoms with Crippen molar-refractivity contribution in [2.75, 3.05) is 38.8 Å². The molecule has 0 aliphatic carbocycles. The molecule has 0 atom stereocenters. The summed E-state index contributed by atoms with van der Waals surface area (Å²) in [5.41, 5.74) is -4.79. The van der Waals surface area contributed by atoms with Gasteiger partial charge in [0.1, 0.15) is 0 Å². The van der Waals surface area contributed by atoms with Gasteiger partial charge in [0.2, 0.25) is 0 Å². The number of hydrogen-bond donors (Lipinski definition) is 1. The van der Waals surface area contributed by atoms with Crippen molar-refractivity contribution in [2.24, 2.45) is 0 Å². The summed E-state index contributed by atoms with van der Waals surface area (Å²) in [6, 6.07) is 4.37. The molecule has 5 nitrogen and oxygen atoms in total. The Morgan fingerprint density at radius 2 is 1.71 bits per heavy atom. The van der Waals surface area contributed by atoms with E-state index < -0.39 is 20.2 Å². The van der Waals surface area contributed by atoms with E-state index in [1.807, 2.05) is 0 Å². The molecule has 120 valence electrons. The van der Waals surface area contributed by atoms with E-state index in [2.05, 4.69) is 5.32 Å². The maximum absolute atomic E-state index is 12.3. The predicted molar refractivity (Wildman–Crippen MR) is 70.9 cm³/mol. The Morgan fingerprint density at radius 3 is 2.24 bits per heavy atom. The zero-order valence-corrected chi connectivity index (χ0v) is 12.1. The highest BCUT2D eigenvalue weighted by Crippen LogP contribution is 2.30. The first kappa shape index (κ1) is 17.7. The van der Waals surface area contributed by atoms with E-state index >= 15 is 0 Å². The number of rotatable bonds is 8. The molecule has 1 N–H and O–H groups in total. The number of ether oxygens (including phenoxy) is 2. The zero-order chi connectivity index (χ0) is 15.9. The van der Waals surface area contributed by atoms with Crippen LogP contribution in [0.2, 0.25) is 0 Å². The van der Waals surface area contributed by atoms with Gasteiger partial charge < -0.3 is 14.8 Å². The van der Waals surface area contributed by atoms with Gasteiger partial charge in [0.15, 0.2) is 0 Å². The Balaban J connectivity index is 2.52. The number of benzene rings is 1. The average molecular weight is 327 g/mol. The number of alkyl halides is 3. The van der Waals surface area contributed by atoms with E-state index in [1.165, 1.54) is 12.1 Å². The van der Waals surface area contributed by atoms with E-state index in [4.69, 9.17) is 9.47 Å². The highest BCUT2D eigenvalue weighted by molar-refractivity contribution is 7.92. The normalized spacial score (nSPS) is 12.4. The third kappa shape index (κ3) is 5.18. The minimum Gasteiger partial charge on any atom is -0.383 e. The van der Waals surface area contributed by atoms with Gasteiger partial charge in [-0.25, -0.2) is 8.42 Å².